The lowest BCUT2D eigenvalue weighted by molar-refractivity contribution is -0.297. The van der Waals surface area contributed by atoms with Gasteiger partial charge in [0.05, 0.1) is 6.61 Å². The molecule has 1 aliphatic heterocycles. The second kappa shape index (κ2) is 37.6. The van der Waals surface area contributed by atoms with Crippen molar-refractivity contribution in [2.24, 2.45) is 0 Å². The van der Waals surface area contributed by atoms with E-state index in [2.05, 4.69) is 74.6 Å². The lowest BCUT2D eigenvalue weighted by atomic mass is 10.00. The maximum atomic E-state index is 12.8. The zero-order valence-corrected chi connectivity index (χ0v) is 38.1. The molecule has 6 atom stereocenters. The minimum Gasteiger partial charge on any atom is -0.462 e. The summed E-state index contributed by atoms with van der Waals surface area (Å²) in [5.74, 6) is -2.09. The first-order chi connectivity index (χ1) is 29.5. The first-order valence-electron chi connectivity index (χ1n) is 23.0. The molecule has 0 aromatic heterocycles. The Balaban J connectivity index is 2.49. The van der Waals surface area contributed by atoms with Crippen molar-refractivity contribution in [1.82, 2.24) is 0 Å². The van der Waals surface area contributed by atoms with Gasteiger partial charge in [0, 0.05) is 12.8 Å². The molecule has 4 N–H and O–H groups in total. The number of ether oxygens (including phenoxy) is 4. The molecule has 0 aromatic carbocycles. The molecule has 0 amide bonds. The number of carbonyl (C=O) groups is 2. The summed E-state index contributed by atoms with van der Waals surface area (Å²) in [6, 6.07) is 0. The van der Waals surface area contributed by atoms with E-state index < -0.39 is 71.2 Å². The van der Waals surface area contributed by atoms with E-state index in [9.17, 15) is 37.9 Å². The van der Waals surface area contributed by atoms with E-state index in [1.54, 1.807) is 0 Å². The van der Waals surface area contributed by atoms with Crippen molar-refractivity contribution in [1.29, 1.82) is 0 Å². The third-order valence-corrected chi connectivity index (χ3v) is 10.8. The van der Waals surface area contributed by atoms with Crippen LogP contribution in [-0.2, 0) is 38.7 Å². The van der Waals surface area contributed by atoms with E-state index in [4.69, 9.17) is 18.9 Å². The number of esters is 2. The molecule has 0 bridgehead atoms. The highest BCUT2D eigenvalue weighted by molar-refractivity contribution is 7.85. The smallest absolute Gasteiger partial charge is 0.306 e. The number of unbranched alkanes of at least 4 members (excludes halogenated alkanes) is 13. The van der Waals surface area contributed by atoms with Crippen LogP contribution in [0.4, 0.5) is 0 Å². The van der Waals surface area contributed by atoms with Gasteiger partial charge in [-0.3, -0.25) is 14.1 Å². The summed E-state index contributed by atoms with van der Waals surface area (Å²) < 4.78 is 54.0. The molecule has 0 spiro atoms. The molecule has 0 aromatic rings. The second-order valence-corrected chi connectivity index (χ2v) is 17.2. The molecule has 350 valence electrons. The molecule has 1 fully saturated rings. The molecule has 1 heterocycles. The van der Waals surface area contributed by atoms with Crippen molar-refractivity contribution in [2.75, 3.05) is 19.0 Å². The van der Waals surface area contributed by atoms with Crippen LogP contribution >= 0.6 is 0 Å². The monoisotopic (exact) mass is 881 g/mol. The Hall–Kier alpha value is -2.91. The van der Waals surface area contributed by atoms with Gasteiger partial charge in [0.1, 0.15) is 36.8 Å². The maximum Gasteiger partial charge on any atom is 0.306 e. The molecule has 0 aliphatic carbocycles. The molecular formula is C48H80O12S. The van der Waals surface area contributed by atoms with Gasteiger partial charge >= 0.3 is 11.9 Å². The fourth-order valence-electron chi connectivity index (χ4n) is 6.53. The molecule has 13 heteroatoms. The average molecular weight is 881 g/mol. The summed E-state index contributed by atoms with van der Waals surface area (Å²) in [6.45, 7) is 3.57. The molecule has 61 heavy (non-hydrogen) atoms. The summed E-state index contributed by atoms with van der Waals surface area (Å²) in [4.78, 5) is 25.4. The van der Waals surface area contributed by atoms with E-state index >= 15 is 0 Å². The third-order valence-electron chi connectivity index (χ3n) is 10.1. The van der Waals surface area contributed by atoms with Crippen molar-refractivity contribution >= 4 is 22.1 Å². The van der Waals surface area contributed by atoms with Gasteiger partial charge in [-0.1, -0.05) is 170 Å². The number of hydrogen-bond acceptors (Lipinski definition) is 11. The number of rotatable bonds is 37. The van der Waals surface area contributed by atoms with Crippen LogP contribution in [0.15, 0.2) is 72.9 Å². The van der Waals surface area contributed by atoms with Crippen LogP contribution in [0, 0.1) is 0 Å². The van der Waals surface area contributed by atoms with Crippen LogP contribution in [0.5, 0.6) is 0 Å². The number of aliphatic hydroxyl groups is 3. The largest absolute Gasteiger partial charge is 0.462 e. The molecular weight excluding hydrogens is 801 g/mol. The molecule has 0 radical (unpaired) electrons. The minimum absolute atomic E-state index is 0.0918. The van der Waals surface area contributed by atoms with Gasteiger partial charge in [0.2, 0.25) is 0 Å². The predicted molar refractivity (Wildman–Crippen MR) is 242 cm³/mol. The van der Waals surface area contributed by atoms with E-state index in [1.807, 2.05) is 12.2 Å². The Morgan fingerprint density at radius 2 is 1.03 bits per heavy atom. The zero-order chi connectivity index (χ0) is 44.8. The topological polar surface area (TPSA) is 186 Å². The lowest BCUT2D eigenvalue weighted by Crippen LogP contribution is -2.60. The van der Waals surface area contributed by atoms with E-state index in [0.717, 1.165) is 57.8 Å². The van der Waals surface area contributed by atoms with Gasteiger partial charge in [-0.2, -0.15) is 8.42 Å². The summed E-state index contributed by atoms with van der Waals surface area (Å²) in [5, 5.41) is 30.9. The van der Waals surface area contributed by atoms with Crippen LogP contribution < -0.4 is 0 Å². The van der Waals surface area contributed by atoms with Gasteiger partial charge in [-0.05, 0) is 51.4 Å². The Kier molecular flexibility index (Phi) is 34.6. The van der Waals surface area contributed by atoms with Crippen LogP contribution in [-0.4, -0.2) is 96.0 Å². The van der Waals surface area contributed by atoms with Gasteiger partial charge < -0.3 is 34.3 Å². The van der Waals surface area contributed by atoms with Crippen LogP contribution in [0.3, 0.4) is 0 Å². The molecule has 1 rings (SSSR count). The van der Waals surface area contributed by atoms with E-state index in [1.165, 1.54) is 64.2 Å². The first kappa shape index (κ1) is 56.1. The van der Waals surface area contributed by atoms with Crippen molar-refractivity contribution in [3.63, 3.8) is 0 Å². The van der Waals surface area contributed by atoms with Gasteiger partial charge in [0.25, 0.3) is 10.1 Å². The fourth-order valence-corrected chi connectivity index (χ4v) is 7.22. The lowest BCUT2D eigenvalue weighted by Gasteiger charge is -2.40. The second-order valence-electron chi connectivity index (χ2n) is 15.7. The standard InChI is InChI=1S/C48H80O12S/c1-3-5-7-9-11-13-15-17-19-20-21-22-23-25-26-28-30-32-34-36-43(49)57-38-41(39-58-48-47(53)46(52)45(51)42(60-48)40-61(54,55)56)59-44(50)37-35-33-31-29-27-24-18-16-14-12-10-8-6-4-2/h5,7,11,13,17,19,21-22,25-26,30,32,41-42,45-48,51-53H,3-4,6,8-10,12,14-16,18,20,23-24,27-29,31,33-40H2,1-2H3,(H,54,55,56)/b7-5+,13-11+,19-17+,22-21+,26-25+,32-30+/t41-,42-,45-,46?,47?,48+/m1/s1. The average Bonchev–Trinajstić information content (AvgIpc) is 3.22. The molecule has 0 saturated carbocycles. The summed E-state index contributed by atoms with van der Waals surface area (Å²) in [5.41, 5.74) is 0. The highest BCUT2D eigenvalue weighted by Crippen LogP contribution is 2.24. The van der Waals surface area contributed by atoms with Crippen molar-refractivity contribution < 1.29 is 56.8 Å². The minimum atomic E-state index is -4.61. The highest BCUT2D eigenvalue weighted by Gasteiger charge is 2.46. The van der Waals surface area contributed by atoms with Crippen LogP contribution in [0.25, 0.3) is 0 Å². The van der Waals surface area contributed by atoms with E-state index in [0.29, 0.717) is 12.8 Å². The van der Waals surface area contributed by atoms with Gasteiger partial charge in [-0.25, -0.2) is 0 Å². The van der Waals surface area contributed by atoms with Crippen molar-refractivity contribution in [2.45, 2.75) is 198 Å². The van der Waals surface area contributed by atoms with Crippen molar-refractivity contribution in [3.05, 3.63) is 72.9 Å². The first-order valence-corrected chi connectivity index (χ1v) is 24.6. The Bertz CT molecular complexity index is 1400. The Labute approximate surface area is 368 Å². The fraction of sp³-hybridized carbons (Fsp3) is 0.708. The molecule has 2 unspecified atom stereocenters. The predicted octanol–water partition coefficient (Wildman–Crippen LogP) is 9.50. The highest BCUT2D eigenvalue weighted by atomic mass is 32.2. The van der Waals surface area contributed by atoms with Gasteiger partial charge in [0.15, 0.2) is 12.4 Å². The number of carbonyl (C=O) groups excluding carboxylic acids is 2. The van der Waals surface area contributed by atoms with E-state index in [-0.39, 0.29) is 19.4 Å². The van der Waals surface area contributed by atoms with Crippen LogP contribution in [0.2, 0.25) is 0 Å². The van der Waals surface area contributed by atoms with Gasteiger partial charge in [-0.15, -0.1) is 0 Å². The Morgan fingerprint density at radius 3 is 1.51 bits per heavy atom. The summed E-state index contributed by atoms with van der Waals surface area (Å²) in [6.07, 6.45) is 38.1. The summed E-state index contributed by atoms with van der Waals surface area (Å²) in [7, 11) is -4.61. The quantitative estimate of drug-likeness (QED) is 0.0201. The zero-order valence-electron chi connectivity index (χ0n) is 37.2. The maximum absolute atomic E-state index is 12.8. The third kappa shape index (κ3) is 32.4. The molecule has 1 aliphatic rings. The Morgan fingerprint density at radius 1 is 0.574 bits per heavy atom. The molecule has 12 nitrogen and oxygen atoms in total. The number of allylic oxidation sites excluding steroid dienone is 12. The molecule has 1 saturated heterocycles. The number of hydrogen-bond donors (Lipinski definition) is 4. The van der Waals surface area contributed by atoms with Crippen molar-refractivity contribution in [3.8, 4) is 0 Å². The SMILES string of the molecule is CC/C=C/C/C=C/C/C=C/C/C=C/C/C=C/C/C=C/CCC(=O)OC[C@H](CO[C@H]1O[C@H](CS(=O)(=O)O)[C@@H](O)C(O)C1O)OC(=O)CCCCCCCCCCCCCCCC. The summed E-state index contributed by atoms with van der Waals surface area (Å²) >= 11 is 0. The normalized spacial score (nSPS) is 20.7. The number of aliphatic hydroxyl groups excluding tert-OH is 3. The van der Waals surface area contributed by atoms with Crippen LogP contribution in [0.1, 0.15) is 162 Å².